The Balaban J connectivity index is 2.17. The summed E-state index contributed by atoms with van der Waals surface area (Å²) in [5, 5.41) is 5.20. The molecule has 0 spiro atoms. The van der Waals surface area contributed by atoms with E-state index in [1.54, 1.807) is 4.52 Å². The summed E-state index contributed by atoms with van der Waals surface area (Å²) in [6.45, 7) is 0. The molecule has 5 heteroatoms. The lowest BCUT2D eigenvalue weighted by atomic mass is 10.0. The number of hydrogen-bond donors (Lipinski definition) is 0. The SMILES string of the molecule is CSc1nn2ccccc2c1C(=O)c1ccc(Br)cc1. The number of carbonyl (C=O) groups excluding carboxylic acids is 1. The van der Waals surface area contributed by atoms with Crippen molar-refractivity contribution in [2.24, 2.45) is 0 Å². The van der Waals surface area contributed by atoms with Gasteiger partial charge in [-0.1, -0.05) is 22.0 Å². The third-order valence-electron chi connectivity index (χ3n) is 3.03. The van der Waals surface area contributed by atoms with Crippen LogP contribution in [0.15, 0.2) is 58.2 Å². The molecule has 3 nitrogen and oxygen atoms in total. The molecule has 3 aromatic rings. The van der Waals surface area contributed by atoms with Gasteiger partial charge < -0.3 is 0 Å². The van der Waals surface area contributed by atoms with Gasteiger partial charge in [-0.15, -0.1) is 11.8 Å². The van der Waals surface area contributed by atoms with Gasteiger partial charge in [0, 0.05) is 16.2 Å². The number of ketones is 1. The van der Waals surface area contributed by atoms with Gasteiger partial charge in [0.25, 0.3) is 0 Å². The van der Waals surface area contributed by atoms with E-state index in [4.69, 9.17) is 0 Å². The molecule has 0 aliphatic carbocycles. The molecule has 2 aromatic heterocycles. The van der Waals surface area contributed by atoms with Crippen LogP contribution in [0, 0.1) is 0 Å². The van der Waals surface area contributed by atoms with Crippen molar-refractivity contribution < 1.29 is 4.79 Å². The highest BCUT2D eigenvalue weighted by molar-refractivity contribution is 9.10. The van der Waals surface area contributed by atoms with Gasteiger partial charge in [-0.25, -0.2) is 4.52 Å². The van der Waals surface area contributed by atoms with Crippen LogP contribution < -0.4 is 0 Å². The molecule has 0 fully saturated rings. The first-order valence-corrected chi connectivity index (χ1v) is 8.04. The summed E-state index contributed by atoms with van der Waals surface area (Å²) in [6.07, 6.45) is 3.79. The van der Waals surface area contributed by atoms with Crippen molar-refractivity contribution in [3.05, 3.63) is 64.3 Å². The van der Waals surface area contributed by atoms with Crippen molar-refractivity contribution >= 4 is 39.0 Å². The zero-order valence-electron chi connectivity index (χ0n) is 10.7. The molecule has 0 bridgehead atoms. The number of benzene rings is 1. The van der Waals surface area contributed by atoms with Crippen LogP contribution in [0.3, 0.4) is 0 Å². The summed E-state index contributed by atoms with van der Waals surface area (Å²) in [4.78, 5) is 12.7. The molecule has 0 aliphatic heterocycles. The zero-order valence-corrected chi connectivity index (χ0v) is 13.1. The van der Waals surface area contributed by atoms with Crippen molar-refractivity contribution in [3.8, 4) is 0 Å². The Labute approximate surface area is 129 Å². The zero-order chi connectivity index (χ0) is 14.1. The van der Waals surface area contributed by atoms with Crippen LogP contribution in [0.5, 0.6) is 0 Å². The molecule has 0 aliphatic rings. The van der Waals surface area contributed by atoms with E-state index in [1.807, 2.05) is 54.9 Å². The fourth-order valence-corrected chi connectivity index (χ4v) is 2.91. The van der Waals surface area contributed by atoms with Crippen LogP contribution in [0.1, 0.15) is 15.9 Å². The van der Waals surface area contributed by atoms with Gasteiger partial charge in [-0.3, -0.25) is 4.79 Å². The highest BCUT2D eigenvalue weighted by Gasteiger charge is 2.20. The Hall–Kier alpha value is -1.59. The topological polar surface area (TPSA) is 34.4 Å². The highest BCUT2D eigenvalue weighted by atomic mass is 79.9. The molecular weight excluding hydrogens is 336 g/mol. The van der Waals surface area contributed by atoms with E-state index in [9.17, 15) is 4.79 Å². The fourth-order valence-electron chi connectivity index (χ4n) is 2.08. The third kappa shape index (κ3) is 2.27. The molecule has 0 saturated carbocycles. The Bertz CT molecular complexity index is 780. The van der Waals surface area contributed by atoms with Gasteiger partial charge in [0.1, 0.15) is 5.03 Å². The summed E-state index contributed by atoms with van der Waals surface area (Å²) in [5.74, 6) is 0.00282. The number of nitrogens with zero attached hydrogens (tertiary/aromatic N) is 2. The maximum Gasteiger partial charge on any atom is 0.197 e. The van der Waals surface area contributed by atoms with Crippen molar-refractivity contribution in [2.75, 3.05) is 6.26 Å². The van der Waals surface area contributed by atoms with Gasteiger partial charge in [0.15, 0.2) is 5.78 Å². The summed E-state index contributed by atoms with van der Waals surface area (Å²) in [5.41, 5.74) is 2.17. The van der Waals surface area contributed by atoms with Gasteiger partial charge in [0.05, 0.1) is 11.1 Å². The number of fused-ring (bicyclic) bond motifs is 1. The first-order valence-electron chi connectivity index (χ1n) is 6.02. The lowest BCUT2D eigenvalue weighted by molar-refractivity contribution is 0.103. The van der Waals surface area contributed by atoms with Crippen LogP contribution in [-0.2, 0) is 0 Å². The van der Waals surface area contributed by atoms with Gasteiger partial charge in [-0.2, -0.15) is 5.10 Å². The lowest BCUT2D eigenvalue weighted by Gasteiger charge is -2.01. The molecule has 0 radical (unpaired) electrons. The average Bonchev–Trinajstić information content (AvgIpc) is 2.85. The van der Waals surface area contributed by atoms with Crippen LogP contribution >= 0.6 is 27.7 Å². The van der Waals surface area contributed by atoms with E-state index in [1.165, 1.54) is 11.8 Å². The number of aromatic nitrogens is 2. The van der Waals surface area contributed by atoms with E-state index >= 15 is 0 Å². The second-order valence-corrected chi connectivity index (χ2v) is 5.96. The number of halogens is 1. The molecule has 1 aromatic carbocycles. The molecule has 0 N–H and O–H groups in total. The van der Waals surface area contributed by atoms with Crippen molar-refractivity contribution in [3.63, 3.8) is 0 Å². The molecule has 0 atom stereocenters. The first kappa shape index (κ1) is 13.4. The van der Waals surface area contributed by atoms with E-state index in [0.717, 1.165) is 15.0 Å². The lowest BCUT2D eigenvalue weighted by Crippen LogP contribution is -2.02. The van der Waals surface area contributed by atoms with Crippen molar-refractivity contribution in [1.82, 2.24) is 9.61 Å². The monoisotopic (exact) mass is 346 g/mol. The third-order valence-corrected chi connectivity index (χ3v) is 4.24. The maximum atomic E-state index is 12.7. The van der Waals surface area contributed by atoms with Gasteiger partial charge >= 0.3 is 0 Å². The van der Waals surface area contributed by atoms with Crippen molar-refractivity contribution in [1.29, 1.82) is 0 Å². The second-order valence-electron chi connectivity index (χ2n) is 4.25. The molecule has 20 heavy (non-hydrogen) atoms. The van der Waals surface area contributed by atoms with Crippen LogP contribution in [0.4, 0.5) is 0 Å². The minimum Gasteiger partial charge on any atom is -0.288 e. The maximum absolute atomic E-state index is 12.7. The Morgan fingerprint density at radius 3 is 2.65 bits per heavy atom. The van der Waals surface area contributed by atoms with Gasteiger partial charge in [0.2, 0.25) is 0 Å². The second kappa shape index (κ2) is 5.42. The number of carbonyl (C=O) groups is 1. The quantitative estimate of drug-likeness (QED) is 0.530. The van der Waals surface area contributed by atoms with Crippen LogP contribution in [-0.4, -0.2) is 21.7 Å². The van der Waals surface area contributed by atoms with Gasteiger partial charge in [-0.05, 0) is 42.7 Å². The van der Waals surface area contributed by atoms with E-state index in [2.05, 4.69) is 21.0 Å². The Morgan fingerprint density at radius 1 is 1.20 bits per heavy atom. The largest absolute Gasteiger partial charge is 0.288 e. The normalized spacial score (nSPS) is 10.9. The molecule has 0 saturated heterocycles. The first-order chi connectivity index (χ1) is 9.70. The van der Waals surface area contributed by atoms with E-state index < -0.39 is 0 Å². The molecule has 0 unspecified atom stereocenters. The molecule has 0 amide bonds. The van der Waals surface area contributed by atoms with Crippen molar-refractivity contribution in [2.45, 2.75) is 5.03 Å². The standard InChI is InChI=1S/C15H11BrN2OS/c1-20-15-13(12-4-2-3-9-18(12)17-15)14(19)10-5-7-11(16)8-6-10/h2-9H,1H3. The minimum atomic E-state index is 0.00282. The summed E-state index contributed by atoms with van der Waals surface area (Å²) >= 11 is 4.86. The van der Waals surface area contributed by atoms with E-state index in [-0.39, 0.29) is 5.78 Å². The molecule has 100 valence electrons. The molecule has 3 rings (SSSR count). The smallest absolute Gasteiger partial charge is 0.197 e. The number of hydrogen-bond acceptors (Lipinski definition) is 3. The van der Waals surface area contributed by atoms with Crippen LogP contribution in [0.2, 0.25) is 0 Å². The Morgan fingerprint density at radius 2 is 1.95 bits per heavy atom. The molecule has 2 heterocycles. The van der Waals surface area contributed by atoms with E-state index in [0.29, 0.717) is 11.1 Å². The molecular formula is C15H11BrN2OS. The highest BCUT2D eigenvalue weighted by Crippen LogP contribution is 2.26. The number of rotatable bonds is 3. The predicted octanol–water partition coefficient (Wildman–Crippen LogP) is 4.05. The predicted molar refractivity (Wildman–Crippen MR) is 84.5 cm³/mol. The Kier molecular flexibility index (Phi) is 3.63. The summed E-state index contributed by atoms with van der Waals surface area (Å²) < 4.78 is 2.71. The average molecular weight is 347 g/mol. The number of pyridine rings is 1. The summed E-state index contributed by atoms with van der Waals surface area (Å²) in [6, 6.07) is 13.1. The fraction of sp³-hybridized carbons (Fsp3) is 0.0667. The summed E-state index contributed by atoms with van der Waals surface area (Å²) in [7, 11) is 0. The number of thioether (sulfide) groups is 1. The van der Waals surface area contributed by atoms with Crippen LogP contribution in [0.25, 0.3) is 5.52 Å². The minimum absolute atomic E-state index is 0.00282.